The fraction of sp³-hybridized carbons (Fsp3) is 0.857. The van der Waals surface area contributed by atoms with E-state index in [4.69, 9.17) is 5.11 Å². The molecule has 1 amide bonds. The van der Waals surface area contributed by atoms with Crippen LogP contribution in [-0.2, 0) is 4.79 Å². The van der Waals surface area contributed by atoms with Gasteiger partial charge in [0.25, 0.3) is 0 Å². The molecule has 3 nitrogen and oxygen atoms in total. The van der Waals surface area contributed by atoms with E-state index in [0.717, 1.165) is 19.4 Å². The summed E-state index contributed by atoms with van der Waals surface area (Å²) >= 11 is 0. The van der Waals surface area contributed by atoms with Crippen molar-refractivity contribution in [1.82, 2.24) is 4.90 Å². The van der Waals surface area contributed by atoms with E-state index in [1.165, 1.54) is 0 Å². The Morgan fingerprint density at radius 3 is 2.90 bits per heavy atom. The van der Waals surface area contributed by atoms with Gasteiger partial charge in [-0.15, -0.1) is 0 Å². The van der Waals surface area contributed by atoms with Crippen LogP contribution in [0.15, 0.2) is 0 Å². The van der Waals surface area contributed by atoms with Crippen molar-refractivity contribution in [2.24, 2.45) is 5.92 Å². The molecule has 0 radical (unpaired) electrons. The minimum absolute atomic E-state index is 0.0764. The first-order valence-electron chi connectivity index (χ1n) is 3.59. The first-order valence-corrected chi connectivity index (χ1v) is 3.59. The molecule has 10 heavy (non-hydrogen) atoms. The average Bonchev–Trinajstić information content (AvgIpc) is 2.30. The number of aliphatic hydroxyl groups excluding tert-OH is 1. The second-order valence-electron chi connectivity index (χ2n) is 2.98. The van der Waals surface area contributed by atoms with Crippen LogP contribution in [0.5, 0.6) is 0 Å². The molecule has 1 N–H and O–H groups in total. The number of likely N-dealkylation sites (tertiary alicyclic amines) is 1. The second-order valence-corrected chi connectivity index (χ2v) is 2.98. The fourth-order valence-corrected chi connectivity index (χ4v) is 1.49. The Hall–Kier alpha value is -0.570. The van der Waals surface area contributed by atoms with E-state index < -0.39 is 0 Å². The summed E-state index contributed by atoms with van der Waals surface area (Å²) in [5.74, 6) is 0.544. The van der Waals surface area contributed by atoms with Gasteiger partial charge < -0.3 is 10.0 Å². The summed E-state index contributed by atoms with van der Waals surface area (Å²) in [6.07, 6.45) is 1.76. The van der Waals surface area contributed by atoms with Crippen LogP contribution >= 0.6 is 0 Å². The van der Waals surface area contributed by atoms with Crippen molar-refractivity contribution in [2.75, 3.05) is 13.2 Å². The van der Waals surface area contributed by atoms with E-state index in [2.05, 4.69) is 6.92 Å². The largest absolute Gasteiger partial charge is 0.394 e. The Morgan fingerprint density at radius 2 is 2.50 bits per heavy atom. The van der Waals surface area contributed by atoms with Gasteiger partial charge in [-0.05, 0) is 12.3 Å². The molecule has 2 atom stereocenters. The van der Waals surface area contributed by atoms with Crippen molar-refractivity contribution in [3.05, 3.63) is 0 Å². The normalized spacial score (nSPS) is 32.8. The molecule has 0 aliphatic carbocycles. The van der Waals surface area contributed by atoms with E-state index in [0.29, 0.717) is 5.92 Å². The summed E-state index contributed by atoms with van der Waals surface area (Å²) in [5.41, 5.74) is 0. The number of amides is 1. The van der Waals surface area contributed by atoms with Gasteiger partial charge in [0.05, 0.1) is 12.6 Å². The predicted molar refractivity (Wildman–Crippen MR) is 37.4 cm³/mol. The minimum atomic E-state index is 0.0764. The molecular formula is C7H13NO2. The highest BCUT2D eigenvalue weighted by Gasteiger charge is 2.27. The Bertz CT molecular complexity index is 127. The van der Waals surface area contributed by atoms with E-state index >= 15 is 0 Å². The van der Waals surface area contributed by atoms with E-state index in [1.54, 1.807) is 4.90 Å². The first-order chi connectivity index (χ1) is 4.77. The van der Waals surface area contributed by atoms with Crippen molar-refractivity contribution in [3.8, 4) is 0 Å². The molecule has 0 aromatic rings. The molecule has 0 aromatic carbocycles. The van der Waals surface area contributed by atoms with Crippen LogP contribution in [0.25, 0.3) is 0 Å². The molecule has 1 heterocycles. The molecule has 58 valence electrons. The van der Waals surface area contributed by atoms with Crippen molar-refractivity contribution in [2.45, 2.75) is 19.4 Å². The fourth-order valence-electron chi connectivity index (χ4n) is 1.49. The zero-order valence-electron chi connectivity index (χ0n) is 6.16. The number of aliphatic hydroxyl groups is 1. The van der Waals surface area contributed by atoms with Gasteiger partial charge in [0.1, 0.15) is 0 Å². The van der Waals surface area contributed by atoms with Crippen LogP contribution in [0, 0.1) is 5.92 Å². The molecule has 0 saturated carbocycles. The van der Waals surface area contributed by atoms with Gasteiger partial charge in [-0.1, -0.05) is 6.92 Å². The summed E-state index contributed by atoms with van der Waals surface area (Å²) in [6.45, 7) is 2.99. The standard InChI is InChI=1S/C7H13NO2/c1-6-2-7(4-9)8(3-6)5-10/h5-7,9H,2-4H2,1H3. The molecule has 1 saturated heterocycles. The zero-order chi connectivity index (χ0) is 7.56. The van der Waals surface area contributed by atoms with Gasteiger partial charge in [0.15, 0.2) is 0 Å². The van der Waals surface area contributed by atoms with Gasteiger partial charge in [-0.2, -0.15) is 0 Å². The molecular weight excluding hydrogens is 130 g/mol. The summed E-state index contributed by atoms with van der Waals surface area (Å²) in [5, 5.41) is 8.78. The molecule has 1 aliphatic rings. The summed E-state index contributed by atoms with van der Waals surface area (Å²) in [4.78, 5) is 12.0. The third kappa shape index (κ3) is 1.29. The SMILES string of the molecule is CC1CC(CO)N(C=O)C1. The van der Waals surface area contributed by atoms with Crippen molar-refractivity contribution in [1.29, 1.82) is 0 Å². The number of hydrogen-bond donors (Lipinski definition) is 1. The quantitative estimate of drug-likeness (QED) is 0.546. The monoisotopic (exact) mass is 143 g/mol. The Labute approximate surface area is 60.6 Å². The third-order valence-electron chi connectivity index (χ3n) is 2.01. The molecule has 1 fully saturated rings. The smallest absolute Gasteiger partial charge is 0.210 e. The lowest BCUT2D eigenvalue weighted by Gasteiger charge is -2.16. The Morgan fingerprint density at radius 1 is 1.80 bits per heavy atom. The molecule has 1 rings (SSSR count). The van der Waals surface area contributed by atoms with E-state index in [-0.39, 0.29) is 12.6 Å². The highest BCUT2D eigenvalue weighted by atomic mass is 16.3. The van der Waals surface area contributed by atoms with Crippen molar-refractivity contribution < 1.29 is 9.90 Å². The van der Waals surface area contributed by atoms with Gasteiger partial charge in [-0.3, -0.25) is 4.79 Å². The highest BCUT2D eigenvalue weighted by Crippen LogP contribution is 2.20. The topological polar surface area (TPSA) is 40.5 Å². The maximum absolute atomic E-state index is 10.3. The van der Waals surface area contributed by atoms with Crippen LogP contribution in [0.4, 0.5) is 0 Å². The van der Waals surface area contributed by atoms with Crippen LogP contribution in [0.3, 0.4) is 0 Å². The molecule has 0 spiro atoms. The van der Waals surface area contributed by atoms with Gasteiger partial charge >= 0.3 is 0 Å². The maximum Gasteiger partial charge on any atom is 0.210 e. The van der Waals surface area contributed by atoms with Crippen LogP contribution in [-0.4, -0.2) is 35.6 Å². The number of nitrogens with zero attached hydrogens (tertiary/aromatic N) is 1. The van der Waals surface area contributed by atoms with Crippen molar-refractivity contribution >= 4 is 6.41 Å². The summed E-state index contributed by atoms with van der Waals surface area (Å²) in [7, 11) is 0. The molecule has 1 aliphatic heterocycles. The van der Waals surface area contributed by atoms with Crippen LogP contribution < -0.4 is 0 Å². The third-order valence-corrected chi connectivity index (χ3v) is 2.01. The van der Waals surface area contributed by atoms with Crippen LogP contribution in [0.2, 0.25) is 0 Å². The molecule has 0 aromatic heterocycles. The molecule has 3 heteroatoms. The Balaban J connectivity index is 2.48. The van der Waals surface area contributed by atoms with Gasteiger partial charge in [-0.25, -0.2) is 0 Å². The Kier molecular flexibility index (Phi) is 2.27. The number of carbonyl (C=O) groups is 1. The lowest BCUT2D eigenvalue weighted by Crippen LogP contribution is -2.30. The van der Waals surface area contributed by atoms with E-state index in [9.17, 15) is 4.79 Å². The maximum atomic E-state index is 10.3. The lowest BCUT2D eigenvalue weighted by atomic mass is 10.1. The predicted octanol–water partition coefficient (Wildman–Crippen LogP) is -0.155. The molecule has 0 bridgehead atoms. The van der Waals surface area contributed by atoms with Gasteiger partial charge in [0.2, 0.25) is 6.41 Å². The summed E-state index contributed by atoms with van der Waals surface area (Å²) in [6, 6.07) is 0.0764. The lowest BCUT2D eigenvalue weighted by molar-refractivity contribution is -0.119. The minimum Gasteiger partial charge on any atom is -0.394 e. The number of hydrogen-bond acceptors (Lipinski definition) is 2. The van der Waals surface area contributed by atoms with E-state index in [1.807, 2.05) is 0 Å². The summed E-state index contributed by atoms with van der Waals surface area (Å²) < 4.78 is 0. The average molecular weight is 143 g/mol. The number of carbonyl (C=O) groups excluding carboxylic acids is 1. The van der Waals surface area contributed by atoms with Crippen LogP contribution in [0.1, 0.15) is 13.3 Å². The highest BCUT2D eigenvalue weighted by molar-refractivity contribution is 5.48. The first kappa shape index (κ1) is 7.54. The molecule has 2 unspecified atom stereocenters. The van der Waals surface area contributed by atoms with Gasteiger partial charge in [0, 0.05) is 6.54 Å². The second kappa shape index (κ2) is 3.01. The number of rotatable bonds is 2. The van der Waals surface area contributed by atoms with Crippen molar-refractivity contribution in [3.63, 3.8) is 0 Å². The zero-order valence-corrected chi connectivity index (χ0v) is 6.16.